The minimum Gasteiger partial charge on any atom is -0.465 e. The number of hydrogen-bond acceptors (Lipinski definition) is 5. The SMILES string of the molecule is COC(=O)c1ccc2c(c1)-c1cccc(C(=O)OC)c1C2=O. The van der Waals surface area contributed by atoms with Crippen molar-refractivity contribution < 1.29 is 23.9 Å². The van der Waals surface area contributed by atoms with Gasteiger partial charge in [0.25, 0.3) is 0 Å². The zero-order valence-electron chi connectivity index (χ0n) is 12.0. The maximum Gasteiger partial charge on any atom is 0.338 e. The topological polar surface area (TPSA) is 69.7 Å². The van der Waals surface area contributed by atoms with Crippen LogP contribution in [0.15, 0.2) is 36.4 Å². The normalized spacial score (nSPS) is 11.6. The van der Waals surface area contributed by atoms with Crippen LogP contribution in [0.4, 0.5) is 0 Å². The first-order valence-electron chi connectivity index (χ1n) is 6.57. The van der Waals surface area contributed by atoms with Crippen LogP contribution in [0.3, 0.4) is 0 Å². The summed E-state index contributed by atoms with van der Waals surface area (Å²) < 4.78 is 9.42. The predicted molar refractivity (Wildman–Crippen MR) is 78.0 cm³/mol. The number of ketones is 1. The van der Waals surface area contributed by atoms with Crippen molar-refractivity contribution in [2.75, 3.05) is 14.2 Å². The van der Waals surface area contributed by atoms with Crippen LogP contribution in [0.1, 0.15) is 36.6 Å². The molecule has 0 fully saturated rings. The first kappa shape index (κ1) is 14.0. The summed E-state index contributed by atoms with van der Waals surface area (Å²) in [5.74, 6) is -1.29. The lowest BCUT2D eigenvalue weighted by atomic mass is 10.0. The van der Waals surface area contributed by atoms with Crippen molar-refractivity contribution in [2.24, 2.45) is 0 Å². The fraction of sp³-hybridized carbons (Fsp3) is 0.118. The molecule has 0 unspecified atom stereocenters. The van der Waals surface area contributed by atoms with Crippen LogP contribution in [-0.4, -0.2) is 31.9 Å². The highest BCUT2D eigenvalue weighted by molar-refractivity contribution is 6.25. The first-order valence-corrected chi connectivity index (χ1v) is 6.57. The van der Waals surface area contributed by atoms with Gasteiger partial charge in [-0.15, -0.1) is 0 Å². The van der Waals surface area contributed by atoms with E-state index in [2.05, 4.69) is 0 Å². The number of hydrogen-bond donors (Lipinski definition) is 0. The molecule has 0 saturated carbocycles. The molecular weight excluding hydrogens is 284 g/mol. The molecule has 0 aliphatic heterocycles. The largest absolute Gasteiger partial charge is 0.465 e. The van der Waals surface area contributed by atoms with E-state index in [9.17, 15) is 14.4 Å². The number of fused-ring (bicyclic) bond motifs is 3. The van der Waals surface area contributed by atoms with E-state index in [1.165, 1.54) is 20.3 Å². The zero-order valence-corrected chi connectivity index (χ0v) is 12.0. The van der Waals surface area contributed by atoms with E-state index in [1.807, 2.05) is 0 Å². The van der Waals surface area contributed by atoms with Gasteiger partial charge in [0.05, 0.1) is 25.3 Å². The van der Waals surface area contributed by atoms with Gasteiger partial charge in [0.1, 0.15) is 0 Å². The number of methoxy groups -OCH3 is 2. The van der Waals surface area contributed by atoms with Crippen molar-refractivity contribution >= 4 is 17.7 Å². The third kappa shape index (κ3) is 1.90. The van der Waals surface area contributed by atoms with E-state index in [0.717, 1.165) is 0 Å². The molecule has 2 aromatic rings. The molecule has 0 radical (unpaired) electrons. The second-order valence-electron chi connectivity index (χ2n) is 4.80. The first-order chi connectivity index (χ1) is 10.6. The lowest BCUT2D eigenvalue weighted by Gasteiger charge is -2.05. The Morgan fingerprint density at radius 1 is 0.864 bits per heavy atom. The number of esters is 2. The second-order valence-corrected chi connectivity index (χ2v) is 4.80. The number of ether oxygens (including phenoxy) is 2. The van der Waals surface area contributed by atoms with Gasteiger partial charge in [-0.05, 0) is 35.4 Å². The minimum absolute atomic E-state index is 0.223. The Morgan fingerprint density at radius 3 is 2.27 bits per heavy atom. The highest BCUT2D eigenvalue weighted by Crippen LogP contribution is 2.39. The molecule has 0 bridgehead atoms. The molecule has 1 aliphatic rings. The zero-order chi connectivity index (χ0) is 15.9. The molecule has 0 atom stereocenters. The molecule has 110 valence electrons. The summed E-state index contributed by atoms with van der Waals surface area (Å²) in [6, 6.07) is 9.68. The molecule has 5 heteroatoms. The van der Waals surface area contributed by atoms with Crippen LogP contribution in [0.5, 0.6) is 0 Å². The molecule has 0 aromatic heterocycles. The van der Waals surface area contributed by atoms with Crippen LogP contribution in [0.2, 0.25) is 0 Å². The van der Waals surface area contributed by atoms with E-state index in [1.54, 1.807) is 30.3 Å². The summed E-state index contributed by atoms with van der Waals surface area (Å²) in [5, 5.41) is 0. The van der Waals surface area contributed by atoms with Crippen molar-refractivity contribution in [3.8, 4) is 11.1 Å². The Hall–Kier alpha value is -2.95. The lowest BCUT2D eigenvalue weighted by Crippen LogP contribution is -2.08. The second kappa shape index (κ2) is 5.11. The number of rotatable bonds is 2. The predicted octanol–water partition coefficient (Wildman–Crippen LogP) is 2.47. The van der Waals surface area contributed by atoms with E-state index in [0.29, 0.717) is 27.8 Å². The molecule has 1 aliphatic carbocycles. The maximum absolute atomic E-state index is 12.6. The Kier molecular flexibility index (Phi) is 3.25. The third-order valence-corrected chi connectivity index (χ3v) is 3.67. The molecule has 2 aromatic carbocycles. The van der Waals surface area contributed by atoms with Gasteiger partial charge in [-0.1, -0.05) is 12.1 Å². The van der Waals surface area contributed by atoms with Crippen LogP contribution < -0.4 is 0 Å². The van der Waals surface area contributed by atoms with Crippen LogP contribution >= 0.6 is 0 Å². The van der Waals surface area contributed by atoms with Crippen molar-refractivity contribution in [1.29, 1.82) is 0 Å². The quantitative estimate of drug-likeness (QED) is 0.679. The van der Waals surface area contributed by atoms with Gasteiger partial charge in [0, 0.05) is 11.1 Å². The fourth-order valence-electron chi connectivity index (χ4n) is 2.65. The van der Waals surface area contributed by atoms with Crippen molar-refractivity contribution in [2.45, 2.75) is 0 Å². The Morgan fingerprint density at radius 2 is 1.59 bits per heavy atom. The van der Waals surface area contributed by atoms with E-state index >= 15 is 0 Å². The Balaban J connectivity index is 2.23. The molecule has 0 heterocycles. The van der Waals surface area contributed by atoms with Gasteiger partial charge in [0.15, 0.2) is 5.78 Å². The van der Waals surface area contributed by atoms with Gasteiger partial charge in [-0.2, -0.15) is 0 Å². The molecule has 3 rings (SSSR count). The van der Waals surface area contributed by atoms with Gasteiger partial charge in [0.2, 0.25) is 0 Å². The van der Waals surface area contributed by atoms with Gasteiger partial charge in [-0.3, -0.25) is 4.79 Å². The number of benzene rings is 2. The van der Waals surface area contributed by atoms with Gasteiger partial charge in [-0.25, -0.2) is 9.59 Å². The van der Waals surface area contributed by atoms with E-state index in [4.69, 9.17) is 9.47 Å². The Bertz CT molecular complexity index is 820. The molecule has 5 nitrogen and oxygen atoms in total. The standard InChI is InChI=1S/C17H12O5/c1-21-16(19)9-6-7-11-13(8-9)10-4-3-5-12(17(20)22-2)14(10)15(11)18/h3-8H,1-2H3. The van der Waals surface area contributed by atoms with Gasteiger partial charge >= 0.3 is 11.9 Å². The summed E-state index contributed by atoms with van der Waals surface area (Å²) in [5.41, 5.74) is 2.58. The third-order valence-electron chi connectivity index (χ3n) is 3.67. The molecule has 22 heavy (non-hydrogen) atoms. The van der Waals surface area contributed by atoms with Crippen molar-refractivity contribution in [3.05, 3.63) is 58.7 Å². The van der Waals surface area contributed by atoms with Gasteiger partial charge < -0.3 is 9.47 Å². The maximum atomic E-state index is 12.6. The molecule has 0 amide bonds. The van der Waals surface area contributed by atoms with Crippen molar-refractivity contribution in [1.82, 2.24) is 0 Å². The molecule has 0 spiro atoms. The average Bonchev–Trinajstić information content (AvgIpc) is 2.86. The average molecular weight is 296 g/mol. The summed E-state index contributed by atoms with van der Waals surface area (Å²) >= 11 is 0. The number of carbonyl (C=O) groups is 3. The van der Waals surface area contributed by atoms with Crippen molar-refractivity contribution in [3.63, 3.8) is 0 Å². The fourth-order valence-corrected chi connectivity index (χ4v) is 2.65. The molecular formula is C17H12O5. The molecule has 0 saturated heterocycles. The van der Waals surface area contributed by atoms with E-state index in [-0.39, 0.29) is 11.3 Å². The van der Waals surface area contributed by atoms with Crippen LogP contribution in [0, 0.1) is 0 Å². The monoisotopic (exact) mass is 296 g/mol. The van der Waals surface area contributed by atoms with E-state index < -0.39 is 11.9 Å². The van der Waals surface area contributed by atoms with Crippen LogP contribution in [0.25, 0.3) is 11.1 Å². The summed E-state index contributed by atoms with van der Waals surface area (Å²) in [7, 11) is 2.56. The Labute approximate surface area is 126 Å². The highest BCUT2D eigenvalue weighted by Gasteiger charge is 2.31. The highest BCUT2D eigenvalue weighted by atomic mass is 16.5. The molecule has 0 N–H and O–H groups in total. The summed E-state index contributed by atoms with van der Waals surface area (Å²) in [6.07, 6.45) is 0. The smallest absolute Gasteiger partial charge is 0.338 e. The minimum atomic E-state index is -0.564. The number of carbonyl (C=O) groups excluding carboxylic acids is 3. The lowest BCUT2D eigenvalue weighted by molar-refractivity contribution is 0.0591. The van der Waals surface area contributed by atoms with Crippen LogP contribution in [-0.2, 0) is 9.47 Å². The summed E-state index contributed by atoms with van der Waals surface area (Å²) in [4.78, 5) is 36.0. The summed E-state index contributed by atoms with van der Waals surface area (Å²) in [6.45, 7) is 0.